The van der Waals surface area contributed by atoms with Crippen LogP contribution in [-0.2, 0) is 16.0 Å². The van der Waals surface area contributed by atoms with Gasteiger partial charge in [0.2, 0.25) is 0 Å². The van der Waals surface area contributed by atoms with Crippen molar-refractivity contribution in [1.29, 1.82) is 0 Å². The molecule has 0 saturated heterocycles. The molecule has 4 aromatic rings. The molecule has 37 heavy (non-hydrogen) atoms. The molecule has 0 spiro atoms. The first-order valence-electron chi connectivity index (χ1n) is 12.3. The number of aromatic nitrogens is 3. The van der Waals surface area contributed by atoms with Gasteiger partial charge in [-0.2, -0.15) is 5.10 Å². The number of hydrogen-bond donors (Lipinski definition) is 1. The lowest BCUT2D eigenvalue weighted by atomic mass is 9.69. The van der Waals surface area contributed by atoms with Crippen molar-refractivity contribution in [3.8, 4) is 11.5 Å². The molecule has 1 N–H and O–H groups in total. The van der Waals surface area contributed by atoms with Crippen molar-refractivity contribution in [2.45, 2.75) is 30.8 Å². The molecule has 186 valence electrons. The Bertz CT molecular complexity index is 1460. The van der Waals surface area contributed by atoms with Crippen molar-refractivity contribution in [2.75, 3.05) is 6.54 Å². The molecule has 6 rings (SSSR count). The van der Waals surface area contributed by atoms with E-state index in [2.05, 4.69) is 21.5 Å². The van der Waals surface area contributed by atoms with Crippen LogP contribution in [0.3, 0.4) is 0 Å². The monoisotopic (exact) mass is 512 g/mol. The van der Waals surface area contributed by atoms with Gasteiger partial charge < -0.3 is 10.1 Å². The first kappa shape index (κ1) is 23.6. The maximum absolute atomic E-state index is 14.2. The summed E-state index contributed by atoms with van der Waals surface area (Å²) in [5, 5.41) is 8.34. The molecule has 1 aliphatic heterocycles. The summed E-state index contributed by atoms with van der Waals surface area (Å²) in [6.07, 6.45) is 4.01. The van der Waals surface area contributed by atoms with Crippen molar-refractivity contribution < 1.29 is 14.3 Å². The Morgan fingerprint density at radius 3 is 2.59 bits per heavy atom. The molecule has 1 aliphatic carbocycles. The van der Waals surface area contributed by atoms with Crippen molar-refractivity contribution in [3.63, 3.8) is 0 Å². The summed E-state index contributed by atoms with van der Waals surface area (Å²) in [7, 11) is 0. The van der Waals surface area contributed by atoms with Gasteiger partial charge in [-0.3, -0.25) is 9.59 Å². The van der Waals surface area contributed by atoms with E-state index in [4.69, 9.17) is 16.3 Å². The van der Waals surface area contributed by atoms with Crippen molar-refractivity contribution in [3.05, 3.63) is 107 Å². The first-order valence-corrected chi connectivity index (χ1v) is 12.7. The summed E-state index contributed by atoms with van der Waals surface area (Å²) in [5.41, 5.74) is 2.95. The predicted molar refractivity (Wildman–Crippen MR) is 139 cm³/mol. The van der Waals surface area contributed by atoms with Gasteiger partial charge in [-0.1, -0.05) is 60.1 Å². The highest BCUT2D eigenvalue weighted by Gasteiger charge is 2.49. The van der Waals surface area contributed by atoms with E-state index in [1.807, 2.05) is 54.6 Å². The summed E-state index contributed by atoms with van der Waals surface area (Å²) < 4.78 is 7.79. The zero-order chi connectivity index (χ0) is 25.4. The fraction of sp³-hybridized carbons (Fsp3) is 0.241. The number of carbonyl (C=O) groups is 2. The normalized spacial score (nSPS) is 23.5. The van der Waals surface area contributed by atoms with Crippen LogP contribution in [0, 0.1) is 5.92 Å². The van der Waals surface area contributed by atoms with E-state index in [1.165, 1.54) is 11.9 Å². The lowest BCUT2D eigenvalue weighted by molar-refractivity contribution is -0.141. The Hall–Kier alpha value is -3.81. The highest BCUT2D eigenvalue weighted by Crippen LogP contribution is 2.46. The Kier molecular flexibility index (Phi) is 6.32. The van der Waals surface area contributed by atoms with Crippen LogP contribution in [0.25, 0.3) is 0 Å². The fourth-order valence-corrected chi connectivity index (χ4v) is 5.85. The van der Waals surface area contributed by atoms with Gasteiger partial charge in [0.05, 0.1) is 5.92 Å². The van der Waals surface area contributed by atoms with Gasteiger partial charge in [0.15, 0.2) is 5.78 Å². The van der Waals surface area contributed by atoms with Crippen LogP contribution >= 0.6 is 11.6 Å². The Labute approximate surface area is 219 Å². The van der Waals surface area contributed by atoms with Crippen LogP contribution in [-0.4, -0.2) is 32.9 Å². The van der Waals surface area contributed by atoms with Crippen molar-refractivity contribution in [1.82, 2.24) is 20.1 Å². The molecule has 1 saturated carbocycles. The van der Waals surface area contributed by atoms with Crippen LogP contribution in [0.1, 0.15) is 41.1 Å². The highest BCUT2D eigenvalue weighted by atomic mass is 35.5. The first-order chi connectivity index (χ1) is 18.1. The van der Waals surface area contributed by atoms with Crippen LogP contribution in [0.4, 0.5) is 0 Å². The van der Waals surface area contributed by atoms with E-state index >= 15 is 0 Å². The molecule has 4 atom stereocenters. The number of rotatable bonds is 5. The Morgan fingerprint density at radius 1 is 0.973 bits per heavy atom. The minimum absolute atomic E-state index is 0.0851. The van der Waals surface area contributed by atoms with Gasteiger partial charge in [0.1, 0.15) is 36.0 Å². The van der Waals surface area contributed by atoms with Crippen LogP contribution < -0.4 is 10.1 Å². The number of ether oxygens (including phenoxy) is 1. The van der Waals surface area contributed by atoms with E-state index in [-0.39, 0.29) is 24.0 Å². The smallest absolute Gasteiger partial charge is 0.170 e. The molecule has 0 amide bonds. The summed E-state index contributed by atoms with van der Waals surface area (Å²) in [6, 6.07) is 21.6. The maximum atomic E-state index is 14.2. The second-order valence-corrected chi connectivity index (χ2v) is 9.89. The third-order valence-corrected chi connectivity index (χ3v) is 7.53. The topological polar surface area (TPSA) is 86.1 Å². The molecule has 8 heteroatoms. The Morgan fingerprint density at radius 2 is 1.78 bits per heavy atom. The third kappa shape index (κ3) is 4.45. The SMILES string of the molecule is O=C1C[C@@H](c2ccccc2Oc2cccc(Cl)c2)[C@H](n2cncn2)C(=O)[C@@H]1[C@@H]1NCCc2ccccc21. The molecule has 0 unspecified atom stereocenters. The van der Waals surface area contributed by atoms with E-state index in [1.54, 1.807) is 23.1 Å². The number of para-hydroxylation sites is 1. The van der Waals surface area contributed by atoms with Crippen LogP contribution in [0.5, 0.6) is 11.5 Å². The molecule has 2 aliphatic rings. The van der Waals surface area contributed by atoms with Gasteiger partial charge >= 0.3 is 0 Å². The van der Waals surface area contributed by atoms with E-state index in [0.29, 0.717) is 23.1 Å². The number of fused-ring (bicyclic) bond motifs is 1. The zero-order valence-corrected chi connectivity index (χ0v) is 20.7. The highest BCUT2D eigenvalue weighted by molar-refractivity contribution is 6.30. The summed E-state index contributed by atoms with van der Waals surface area (Å²) in [4.78, 5) is 32.1. The summed E-state index contributed by atoms with van der Waals surface area (Å²) in [5.74, 6) is -0.386. The number of ketones is 2. The number of hydrogen-bond acceptors (Lipinski definition) is 6. The molecule has 0 radical (unpaired) electrons. The zero-order valence-electron chi connectivity index (χ0n) is 20.0. The number of carbonyl (C=O) groups excluding carboxylic acids is 2. The quantitative estimate of drug-likeness (QED) is 0.375. The summed E-state index contributed by atoms with van der Waals surface area (Å²) in [6.45, 7) is 0.715. The number of halogens is 1. The standard InChI is InChI=1S/C29H25ClN4O3/c30-19-7-5-8-20(14-19)37-25-11-4-3-10-22(25)23-15-24(35)26(29(36)28(23)34-17-31-16-33-34)27-21-9-2-1-6-18(21)12-13-32-27/h1-11,14,16-17,23,26-28,32H,12-13,15H2/t23-,26-,27+,28-/m0/s1. The van der Waals surface area contributed by atoms with Gasteiger partial charge in [-0.25, -0.2) is 9.67 Å². The van der Waals surface area contributed by atoms with E-state index in [0.717, 1.165) is 17.5 Å². The van der Waals surface area contributed by atoms with Gasteiger partial charge in [0, 0.05) is 29.0 Å². The van der Waals surface area contributed by atoms with Gasteiger partial charge in [0.25, 0.3) is 0 Å². The molecule has 1 aromatic heterocycles. The Balaban J connectivity index is 1.40. The van der Waals surface area contributed by atoms with E-state index in [9.17, 15) is 9.59 Å². The van der Waals surface area contributed by atoms with E-state index < -0.39 is 17.9 Å². The van der Waals surface area contributed by atoms with Crippen LogP contribution in [0.15, 0.2) is 85.5 Å². The average molecular weight is 513 g/mol. The number of nitrogens with zero attached hydrogens (tertiary/aromatic N) is 3. The molecule has 2 heterocycles. The molecule has 1 fully saturated rings. The fourth-order valence-electron chi connectivity index (χ4n) is 5.67. The lowest BCUT2D eigenvalue weighted by Crippen LogP contribution is -2.49. The minimum Gasteiger partial charge on any atom is -0.457 e. The molecule has 0 bridgehead atoms. The average Bonchev–Trinajstić information content (AvgIpc) is 3.43. The number of benzene rings is 3. The lowest BCUT2D eigenvalue weighted by Gasteiger charge is -2.39. The molecule has 3 aromatic carbocycles. The number of Topliss-reactive ketones (excluding diaryl/α,β-unsaturated/α-hetero) is 2. The third-order valence-electron chi connectivity index (χ3n) is 7.29. The van der Waals surface area contributed by atoms with Gasteiger partial charge in [-0.05, 0) is 48.4 Å². The largest absolute Gasteiger partial charge is 0.457 e. The van der Waals surface area contributed by atoms with Crippen molar-refractivity contribution in [2.24, 2.45) is 5.92 Å². The second kappa shape index (κ2) is 9.92. The van der Waals surface area contributed by atoms with Gasteiger partial charge in [-0.15, -0.1) is 0 Å². The minimum atomic E-state index is -0.812. The predicted octanol–water partition coefficient (Wildman–Crippen LogP) is 5.09. The number of nitrogens with one attached hydrogen (secondary N) is 1. The summed E-state index contributed by atoms with van der Waals surface area (Å²) >= 11 is 6.16. The van der Waals surface area contributed by atoms with Crippen molar-refractivity contribution >= 4 is 23.2 Å². The second-order valence-electron chi connectivity index (χ2n) is 9.46. The van der Waals surface area contributed by atoms with Crippen LogP contribution in [0.2, 0.25) is 5.02 Å². The maximum Gasteiger partial charge on any atom is 0.170 e. The molecular weight excluding hydrogens is 488 g/mol. The molecule has 7 nitrogen and oxygen atoms in total. The molecular formula is C29H25ClN4O3.